The lowest BCUT2D eigenvalue weighted by Crippen LogP contribution is -2.89. The molecule has 1 unspecified atom stereocenters. The Kier molecular flexibility index (Phi) is 8.42. The molecule has 4 N–H and O–H groups in total. The van der Waals surface area contributed by atoms with Crippen molar-refractivity contribution in [1.82, 2.24) is 0 Å². The van der Waals surface area contributed by atoms with Gasteiger partial charge in [-0.25, -0.2) is 0 Å². The number of hydrogen-bond acceptors (Lipinski definition) is 4. The Hall–Kier alpha value is -1.93. The molecule has 1 aromatic carbocycles. The van der Waals surface area contributed by atoms with Crippen LogP contribution in [0.25, 0.3) is 0 Å². The summed E-state index contributed by atoms with van der Waals surface area (Å²) in [6.45, 7) is -1.86. The number of carbonyl (C=O) groups excluding carboxylic acids is 2. The van der Waals surface area contributed by atoms with Crippen LogP contribution in [0.15, 0.2) is 18.2 Å². The molecule has 0 saturated carbocycles. The van der Waals surface area contributed by atoms with Crippen molar-refractivity contribution >= 4 is 23.5 Å². The van der Waals surface area contributed by atoms with Gasteiger partial charge in [-0.05, 0) is 23.8 Å². The second-order valence-corrected chi connectivity index (χ2v) is 5.54. The van der Waals surface area contributed by atoms with E-state index in [0.717, 1.165) is 19.4 Å². The predicted octanol–water partition coefficient (Wildman–Crippen LogP) is 0.854. The lowest BCUT2D eigenvalue weighted by molar-refractivity contribution is -0.657. The van der Waals surface area contributed by atoms with E-state index in [9.17, 15) is 18.4 Å². The van der Waals surface area contributed by atoms with Crippen LogP contribution in [0, 0.1) is 0 Å². The first-order valence-corrected chi connectivity index (χ1v) is 7.63. The van der Waals surface area contributed by atoms with E-state index >= 15 is 0 Å². The number of nitrogens with two attached hydrogens (primary N) is 2. The number of ether oxygens (including phenoxy) is 2. The summed E-state index contributed by atoms with van der Waals surface area (Å²) >= 11 is 5.68. The van der Waals surface area contributed by atoms with E-state index in [-0.39, 0.29) is 29.1 Å². The van der Waals surface area contributed by atoms with Crippen molar-refractivity contribution in [2.75, 3.05) is 13.7 Å². The number of hydrogen-bond donors (Lipinski definition) is 2. The fourth-order valence-electron chi connectivity index (χ4n) is 2.17. The van der Waals surface area contributed by atoms with E-state index in [1.54, 1.807) is 0 Å². The number of quaternary nitrogens is 1. The first-order valence-electron chi connectivity index (χ1n) is 7.25. The van der Waals surface area contributed by atoms with Crippen LogP contribution in [-0.2, 0) is 20.7 Å². The van der Waals surface area contributed by atoms with Crippen LogP contribution < -0.4 is 15.8 Å². The van der Waals surface area contributed by atoms with Gasteiger partial charge < -0.3 is 20.5 Å². The molecule has 0 radical (unpaired) electrons. The van der Waals surface area contributed by atoms with Crippen molar-refractivity contribution in [3.63, 3.8) is 0 Å². The highest BCUT2D eigenvalue weighted by Gasteiger charge is 2.22. The third-order valence-corrected chi connectivity index (χ3v) is 3.49. The van der Waals surface area contributed by atoms with Crippen molar-refractivity contribution in [2.24, 2.45) is 5.73 Å². The summed E-state index contributed by atoms with van der Waals surface area (Å²) in [5, 5.41) is 2.22. The number of methoxy groups -OCH3 is 1. The van der Waals surface area contributed by atoms with Gasteiger partial charge in [0.2, 0.25) is 0 Å². The molecule has 1 amide bonds. The Morgan fingerprint density at radius 3 is 2.58 bits per heavy atom. The molecule has 0 aromatic heterocycles. The number of rotatable bonds is 5. The first-order chi connectivity index (χ1) is 11.3. The highest BCUT2D eigenvalue weighted by atomic mass is 35.5. The number of halogens is 3. The summed E-state index contributed by atoms with van der Waals surface area (Å²) in [6, 6.07) is 4.12. The Labute approximate surface area is 143 Å². The van der Waals surface area contributed by atoms with Gasteiger partial charge in [0.05, 0.1) is 20.1 Å². The van der Waals surface area contributed by atoms with E-state index in [0.29, 0.717) is 5.56 Å². The Morgan fingerprint density at radius 2 is 2.12 bits per heavy atom. The Balaban J connectivity index is 0.000000300. The average Bonchev–Trinajstić information content (AvgIpc) is 3.00. The minimum absolute atomic E-state index is 0.0450. The number of alkyl halides is 2. The molecule has 1 heterocycles. The van der Waals surface area contributed by atoms with Crippen LogP contribution in [0.2, 0.25) is 5.02 Å². The second-order valence-electron chi connectivity index (χ2n) is 5.10. The molecule has 0 spiro atoms. The van der Waals surface area contributed by atoms with Crippen LogP contribution in [0.5, 0.6) is 5.75 Å². The summed E-state index contributed by atoms with van der Waals surface area (Å²) in [4.78, 5) is 21.4. The molecular formula is C15H20ClF2N2O4+. The molecule has 2 rings (SSSR count). The molecule has 1 aliphatic rings. The highest BCUT2D eigenvalue weighted by molar-refractivity contribution is 6.30. The first kappa shape index (κ1) is 20.1. The van der Waals surface area contributed by atoms with E-state index in [4.69, 9.17) is 17.3 Å². The van der Waals surface area contributed by atoms with Gasteiger partial charge in [-0.3, -0.25) is 9.59 Å². The lowest BCUT2D eigenvalue weighted by atomic mass is 10.1. The molecule has 1 aliphatic heterocycles. The molecular weight excluding hydrogens is 346 g/mol. The van der Waals surface area contributed by atoms with Gasteiger partial charge in [-0.15, -0.1) is 0 Å². The molecule has 9 heteroatoms. The third-order valence-electron chi connectivity index (χ3n) is 3.27. The van der Waals surface area contributed by atoms with Crippen LogP contribution in [0.1, 0.15) is 18.4 Å². The molecule has 1 atom stereocenters. The Morgan fingerprint density at radius 1 is 1.42 bits per heavy atom. The maximum absolute atomic E-state index is 12.0. The maximum atomic E-state index is 12.0. The fourth-order valence-corrected chi connectivity index (χ4v) is 2.41. The number of primary amides is 1. The smallest absolute Gasteiger partial charge is 0.387 e. The standard InChI is InChI=1S/C10H9ClF2O3.C5H10N2O/c1-15-9(14)4-6-2-7(11)5-8(3-6)16-10(12)13;6-5(8)4-2-1-3-7-4/h2-3,5,10H,4H2,1H3;4,7H,1-3H2,(H2,6,8)/p+1. The molecule has 134 valence electrons. The molecule has 1 aromatic rings. The molecule has 24 heavy (non-hydrogen) atoms. The van der Waals surface area contributed by atoms with Crippen molar-refractivity contribution < 1.29 is 33.2 Å². The van der Waals surface area contributed by atoms with E-state index in [2.05, 4.69) is 9.47 Å². The fraction of sp³-hybridized carbons (Fsp3) is 0.467. The SMILES string of the molecule is COC(=O)Cc1cc(Cl)cc(OC(F)F)c1.NC(=O)C1CCC[NH2+]1. The summed E-state index contributed by atoms with van der Waals surface area (Å²) in [6.07, 6.45) is 2.06. The number of amides is 1. The molecule has 0 bridgehead atoms. The van der Waals surface area contributed by atoms with Crippen molar-refractivity contribution in [3.05, 3.63) is 28.8 Å². The van der Waals surface area contributed by atoms with Gasteiger partial charge in [0.1, 0.15) is 5.75 Å². The van der Waals surface area contributed by atoms with Crippen LogP contribution >= 0.6 is 11.6 Å². The monoisotopic (exact) mass is 365 g/mol. The zero-order valence-corrected chi connectivity index (χ0v) is 13.9. The van der Waals surface area contributed by atoms with Crippen LogP contribution in [-0.4, -0.2) is 38.2 Å². The lowest BCUT2D eigenvalue weighted by Gasteiger charge is -2.07. The highest BCUT2D eigenvalue weighted by Crippen LogP contribution is 2.23. The van der Waals surface area contributed by atoms with Gasteiger partial charge >= 0.3 is 12.6 Å². The van der Waals surface area contributed by atoms with Crippen LogP contribution in [0.3, 0.4) is 0 Å². The van der Waals surface area contributed by atoms with Gasteiger partial charge in [-0.1, -0.05) is 11.6 Å². The summed E-state index contributed by atoms with van der Waals surface area (Å²) in [5.41, 5.74) is 5.48. The average molecular weight is 366 g/mol. The van der Waals surface area contributed by atoms with Crippen molar-refractivity contribution in [3.8, 4) is 5.75 Å². The molecule has 0 aliphatic carbocycles. The predicted molar refractivity (Wildman–Crippen MR) is 82.8 cm³/mol. The molecule has 6 nitrogen and oxygen atoms in total. The van der Waals surface area contributed by atoms with Crippen LogP contribution in [0.4, 0.5) is 8.78 Å². The van der Waals surface area contributed by atoms with Crippen molar-refractivity contribution in [2.45, 2.75) is 31.9 Å². The topological polar surface area (TPSA) is 95.2 Å². The summed E-state index contributed by atoms with van der Waals surface area (Å²) in [7, 11) is 1.24. The quantitative estimate of drug-likeness (QED) is 0.756. The zero-order chi connectivity index (χ0) is 18.1. The number of carbonyl (C=O) groups is 2. The maximum Gasteiger partial charge on any atom is 0.387 e. The largest absolute Gasteiger partial charge is 0.469 e. The van der Waals surface area contributed by atoms with Gasteiger partial charge in [-0.2, -0.15) is 8.78 Å². The summed E-state index contributed by atoms with van der Waals surface area (Å²) in [5.74, 6) is -0.728. The molecule has 1 saturated heterocycles. The van der Waals surface area contributed by atoms with Gasteiger partial charge in [0, 0.05) is 17.9 Å². The van der Waals surface area contributed by atoms with E-state index in [1.807, 2.05) is 5.32 Å². The Bertz CT molecular complexity index is 566. The normalized spacial score (nSPS) is 16.3. The summed E-state index contributed by atoms with van der Waals surface area (Å²) < 4.78 is 32.5. The van der Waals surface area contributed by atoms with E-state index in [1.165, 1.54) is 25.3 Å². The second kappa shape index (κ2) is 10.0. The minimum Gasteiger partial charge on any atom is -0.469 e. The van der Waals surface area contributed by atoms with E-state index < -0.39 is 12.6 Å². The van der Waals surface area contributed by atoms with Gasteiger partial charge in [0.15, 0.2) is 6.04 Å². The number of esters is 1. The third kappa shape index (κ3) is 7.56. The minimum atomic E-state index is -2.93. The van der Waals surface area contributed by atoms with Gasteiger partial charge in [0.25, 0.3) is 5.91 Å². The molecule has 1 fully saturated rings. The van der Waals surface area contributed by atoms with Crippen molar-refractivity contribution in [1.29, 1.82) is 0 Å². The zero-order valence-electron chi connectivity index (χ0n) is 13.1. The number of benzene rings is 1.